The topological polar surface area (TPSA) is 48.0 Å². The van der Waals surface area contributed by atoms with E-state index in [1.807, 2.05) is 62.1 Å². The lowest BCUT2D eigenvalue weighted by Crippen LogP contribution is -2.34. The van der Waals surface area contributed by atoms with Crippen molar-refractivity contribution in [1.29, 1.82) is 0 Å². The summed E-state index contributed by atoms with van der Waals surface area (Å²) >= 11 is 0. The van der Waals surface area contributed by atoms with E-state index in [0.29, 0.717) is 32.9 Å². The zero-order valence-electron chi connectivity index (χ0n) is 17.4. The molecule has 0 radical (unpaired) electrons. The van der Waals surface area contributed by atoms with Crippen LogP contribution < -0.4 is 14.2 Å². The monoisotopic (exact) mass is 395 g/mol. The summed E-state index contributed by atoms with van der Waals surface area (Å²) in [4.78, 5) is 14.6. The maximum Gasteiger partial charge on any atom is 0.246 e. The van der Waals surface area contributed by atoms with Gasteiger partial charge in [-0.15, -0.1) is 0 Å². The van der Waals surface area contributed by atoms with Crippen molar-refractivity contribution in [3.05, 3.63) is 59.2 Å². The maximum absolute atomic E-state index is 12.7. The molecule has 0 spiro atoms. The number of ether oxygens (including phenoxy) is 3. The molecule has 0 saturated heterocycles. The lowest BCUT2D eigenvalue weighted by Gasteiger charge is -2.29. The van der Waals surface area contributed by atoms with E-state index in [2.05, 4.69) is 6.07 Å². The normalized spacial score (nSPS) is 13.3. The molecule has 5 nitrogen and oxygen atoms in total. The maximum atomic E-state index is 12.7. The number of carbonyl (C=O) groups excluding carboxylic acids is 1. The van der Waals surface area contributed by atoms with Crippen LogP contribution in [-0.2, 0) is 17.8 Å². The van der Waals surface area contributed by atoms with Crippen molar-refractivity contribution in [1.82, 2.24) is 4.90 Å². The van der Waals surface area contributed by atoms with Gasteiger partial charge in [-0.1, -0.05) is 12.1 Å². The number of fused-ring (bicyclic) bond motifs is 1. The largest absolute Gasteiger partial charge is 0.494 e. The molecule has 0 fully saturated rings. The number of amides is 1. The Labute approximate surface area is 172 Å². The molecule has 2 aromatic rings. The van der Waals surface area contributed by atoms with E-state index in [4.69, 9.17) is 14.2 Å². The highest BCUT2D eigenvalue weighted by Crippen LogP contribution is 2.34. The van der Waals surface area contributed by atoms with Gasteiger partial charge in [0.15, 0.2) is 11.5 Å². The van der Waals surface area contributed by atoms with E-state index in [-0.39, 0.29) is 5.91 Å². The molecule has 2 aromatic carbocycles. The van der Waals surface area contributed by atoms with Gasteiger partial charge in [-0.25, -0.2) is 0 Å². The number of rotatable bonds is 8. The molecule has 0 aliphatic carbocycles. The van der Waals surface area contributed by atoms with E-state index < -0.39 is 0 Å². The van der Waals surface area contributed by atoms with Gasteiger partial charge in [0, 0.05) is 19.2 Å². The predicted octanol–water partition coefficient (Wildman–Crippen LogP) is 4.48. The third-order valence-corrected chi connectivity index (χ3v) is 4.80. The average molecular weight is 395 g/mol. The molecular weight excluding hydrogens is 366 g/mol. The zero-order valence-corrected chi connectivity index (χ0v) is 17.4. The highest BCUT2D eigenvalue weighted by Gasteiger charge is 2.22. The Balaban J connectivity index is 1.69. The van der Waals surface area contributed by atoms with E-state index in [0.717, 1.165) is 34.8 Å². The van der Waals surface area contributed by atoms with Crippen LogP contribution in [0.3, 0.4) is 0 Å². The van der Waals surface area contributed by atoms with Gasteiger partial charge < -0.3 is 19.1 Å². The lowest BCUT2D eigenvalue weighted by atomic mass is 9.98. The van der Waals surface area contributed by atoms with Crippen molar-refractivity contribution in [2.75, 3.05) is 26.4 Å². The molecule has 154 valence electrons. The molecule has 0 N–H and O–H groups in total. The van der Waals surface area contributed by atoms with E-state index in [1.165, 1.54) is 5.56 Å². The molecule has 0 atom stereocenters. The van der Waals surface area contributed by atoms with Gasteiger partial charge >= 0.3 is 0 Å². The van der Waals surface area contributed by atoms with Crippen LogP contribution in [-0.4, -0.2) is 37.2 Å². The molecule has 0 bridgehead atoms. The van der Waals surface area contributed by atoms with Crippen molar-refractivity contribution in [3.8, 4) is 17.2 Å². The predicted molar refractivity (Wildman–Crippen MR) is 115 cm³/mol. The van der Waals surface area contributed by atoms with Gasteiger partial charge in [-0.2, -0.15) is 0 Å². The fraction of sp³-hybridized carbons (Fsp3) is 0.375. The molecule has 0 unspecified atom stereocenters. The van der Waals surface area contributed by atoms with Gasteiger partial charge in [-0.05, 0) is 74.2 Å². The van der Waals surface area contributed by atoms with Crippen LogP contribution in [0.1, 0.15) is 37.5 Å². The fourth-order valence-corrected chi connectivity index (χ4v) is 3.40. The Morgan fingerprint density at radius 3 is 2.17 bits per heavy atom. The Morgan fingerprint density at radius 1 is 0.931 bits per heavy atom. The van der Waals surface area contributed by atoms with Gasteiger partial charge in [0.2, 0.25) is 5.91 Å². The molecular formula is C24H29NO4. The second-order valence-electron chi connectivity index (χ2n) is 6.78. The number of hydrogen-bond donors (Lipinski definition) is 0. The van der Waals surface area contributed by atoms with Crippen LogP contribution in [0.4, 0.5) is 0 Å². The van der Waals surface area contributed by atoms with Gasteiger partial charge in [0.1, 0.15) is 5.75 Å². The van der Waals surface area contributed by atoms with Crippen LogP contribution in [0.25, 0.3) is 6.08 Å². The second kappa shape index (κ2) is 10.0. The quantitative estimate of drug-likeness (QED) is 0.619. The summed E-state index contributed by atoms with van der Waals surface area (Å²) in [5.74, 6) is 2.37. The summed E-state index contributed by atoms with van der Waals surface area (Å²) in [5.41, 5.74) is 3.31. The molecule has 1 aliphatic heterocycles. The number of benzene rings is 2. The number of carbonyl (C=O) groups is 1. The van der Waals surface area contributed by atoms with Crippen molar-refractivity contribution in [2.24, 2.45) is 0 Å². The van der Waals surface area contributed by atoms with Crippen molar-refractivity contribution in [3.63, 3.8) is 0 Å². The molecule has 0 saturated carbocycles. The standard InChI is InChI=1S/C24H29NO4/c1-4-27-21-10-7-18(8-11-21)9-12-24(26)25-14-13-19-15-22(28-5-2)23(29-6-3)16-20(19)17-25/h7-12,15-16H,4-6,13-14,17H2,1-3H3/b12-9+. The third kappa shape index (κ3) is 5.31. The minimum Gasteiger partial charge on any atom is -0.494 e. The molecule has 29 heavy (non-hydrogen) atoms. The van der Waals surface area contributed by atoms with Gasteiger partial charge in [-0.3, -0.25) is 4.79 Å². The summed E-state index contributed by atoms with van der Waals surface area (Å²) in [6.07, 6.45) is 4.29. The molecule has 3 rings (SSSR count). The Bertz CT molecular complexity index is 858. The van der Waals surface area contributed by atoms with E-state index in [1.54, 1.807) is 6.08 Å². The summed E-state index contributed by atoms with van der Waals surface area (Å²) in [5, 5.41) is 0. The van der Waals surface area contributed by atoms with Crippen LogP contribution >= 0.6 is 0 Å². The second-order valence-corrected chi connectivity index (χ2v) is 6.78. The van der Waals surface area contributed by atoms with Gasteiger partial charge in [0.25, 0.3) is 0 Å². The van der Waals surface area contributed by atoms with Gasteiger partial charge in [0.05, 0.1) is 19.8 Å². The van der Waals surface area contributed by atoms with Crippen molar-refractivity contribution >= 4 is 12.0 Å². The molecule has 1 heterocycles. The van der Waals surface area contributed by atoms with E-state index >= 15 is 0 Å². The SMILES string of the molecule is CCOc1ccc(/C=C/C(=O)N2CCc3cc(OCC)c(OCC)cc3C2)cc1. The highest BCUT2D eigenvalue weighted by molar-refractivity contribution is 5.92. The first-order valence-corrected chi connectivity index (χ1v) is 10.3. The third-order valence-electron chi connectivity index (χ3n) is 4.80. The Hall–Kier alpha value is -2.95. The summed E-state index contributed by atoms with van der Waals surface area (Å²) < 4.78 is 16.9. The summed E-state index contributed by atoms with van der Waals surface area (Å²) in [6, 6.07) is 11.8. The zero-order chi connectivity index (χ0) is 20.6. The smallest absolute Gasteiger partial charge is 0.246 e. The lowest BCUT2D eigenvalue weighted by molar-refractivity contribution is -0.126. The molecule has 5 heteroatoms. The summed E-state index contributed by atoms with van der Waals surface area (Å²) in [7, 11) is 0. The molecule has 1 aliphatic rings. The average Bonchev–Trinajstić information content (AvgIpc) is 2.73. The van der Waals surface area contributed by atoms with E-state index in [9.17, 15) is 4.79 Å². The van der Waals surface area contributed by atoms with Crippen LogP contribution in [0.2, 0.25) is 0 Å². The number of nitrogens with zero attached hydrogens (tertiary/aromatic N) is 1. The summed E-state index contributed by atoms with van der Waals surface area (Å²) in [6.45, 7) is 8.96. The highest BCUT2D eigenvalue weighted by atomic mass is 16.5. The van der Waals surface area contributed by atoms with Crippen LogP contribution in [0, 0.1) is 0 Å². The van der Waals surface area contributed by atoms with Crippen molar-refractivity contribution < 1.29 is 19.0 Å². The first-order chi connectivity index (χ1) is 14.1. The molecule has 0 aromatic heterocycles. The number of hydrogen-bond acceptors (Lipinski definition) is 4. The Kier molecular flexibility index (Phi) is 7.17. The minimum atomic E-state index is 0.0105. The fourth-order valence-electron chi connectivity index (χ4n) is 3.40. The Morgan fingerprint density at radius 2 is 1.55 bits per heavy atom. The molecule has 1 amide bonds. The van der Waals surface area contributed by atoms with Crippen molar-refractivity contribution in [2.45, 2.75) is 33.7 Å². The minimum absolute atomic E-state index is 0.0105. The van der Waals surface area contributed by atoms with Crippen LogP contribution in [0.5, 0.6) is 17.2 Å². The first-order valence-electron chi connectivity index (χ1n) is 10.3. The first kappa shape index (κ1) is 20.8. The van der Waals surface area contributed by atoms with Crippen LogP contribution in [0.15, 0.2) is 42.5 Å².